The number of benzene rings is 2. The van der Waals surface area contributed by atoms with Crippen LogP contribution in [-0.2, 0) is 16.4 Å². The molecule has 25 heavy (non-hydrogen) atoms. The standard InChI is InChI=1S/C18H18ClNO4S/c1-12(9-14-10-13-5-3-4-6-17(13)24-14)20-25(21,22)15-7-8-18(23-2)16(19)11-15/h3-8,10-12,20H,9H2,1-2H3/t12-/m0/s1. The molecule has 5 nitrogen and oxygen atoms in total. The molecular weight excluding hydrogens is 362 g/mol. The number of ether oxygens (including phenoxy) is 1. The van der Waals surface area contributed by atoms with Crippen LogP contribution in [0.3, 0.4) is 0 Å². The summed E-state index contributed by atoms with van der Waals surface area (Å²) in [4.78, 5) is 0.0924. The highest BCUT2D eigenvalue weighted by atomic mass is 35.5. The number of hydrogen-bond donors (Lipinski definition) is 1. The van der Waals surface area contributed by atoms with Gasteiger partial charge in [0.05, 0.1) is 17.0 Å². The molecule has 0 amide bonds. The van der Waals surface area contributed by atoms with E-state index >= 15 is 0 Å². The van der Waals surface area contributed by atoms with E-state index in [-0.39, 0.29) is 16.0 Å². The van der Waals surface area contributed by atoms with Gasteiger partial charge in [0.2, 0.25) is 10.0 Å². The van der Waals surface area contributed by atoms with Crippen molar-refractivity contribution in [1.29, 1.82) is 0 Å². The van der Waals surface area contributed by atoms with Crippen LogP contribution in [0.5, 0.6) is 5.75 Å². The summed E-state index contributed by atoms with van der Waals surface area (Å²) in [5.74, 6) is 1.15. The predicted octanol–water partition coefficient (Wildman–Crippen LogP) is 4.00. The fraction of sp³-hybridized carbons (Fsp3) is 0.222. The molecule has 0 aliphatic rings. The van der Waals surface area contributed by atoms with Gasteiger partial charge in [0.25, 0.3) is 0 Å². The van der Waals surface area contributed by atoms with Crippen molar-refractivity contribution in [2.45, 2.75) is 24.3 Å². The number of rotatable bonds is 6. The summed E-state index contributed by atoms with van der Waals surface area (Å²) in [6.45, 7) is 1.79. The van der Waals surface area contributed by atoms with Crippen molar-refractivity contribution in [2.75, 3.05) is 7.11 Å². The second-order valence-corrected chi connectivity index (χ2v) is 7.89. The van der Waals surface area contributed by atoms with Crippen LogP contribution in [0.1, 0.15) is 12.7 Å². The van der Waals surface area contributed by atoms with Gasteiger partial charge < -0.3 is 9.15 Å². The highest BCUT2D eigenvalue weighted by Gasteiger charge is 2.20. The average molecular weight is 380 g/mol. The zero-order valence-corrected chi connectivity index (χ0v) is 15.4. The summed E-state index contributed by atoms with van der Waals surface area (Å²) < 4.78 is 38.5. The zero-order valence-electron chi connectivity index (χ0n) is 13.8. The Balaban J connectivity index is 1.74. The molecule has 2 aromatic carbocycles. The number of furan rings is 1. The van der Waals surface area contributed by atoms with E-state index in [1.54, 1.807) is 6.92 Å². The Morgan fingerprint density at radius 3 is 2.64 bits per heavy atom. The lowest BCUT2D eigenvalue weighted by atomic mass is 10.2. The van der Waals surface area contributed by atoms with Crippen LogP contribution in [0, 0.1) is 0 Å². The highest BCUT2D eigenvalue weighted by molar-refractivity contribution is 7.89. The van der Waals surface area contributed by atoms with Crippen molar-refractivity contribution in [3.8, 4) is 5.75 Å². The summed E-state index contributed by atoms with van der Waals surface area (Å²) in [6.07, 6.45) is 0.442. The first-order chi connectivity index (χ1) is 11.9. The third kappa shape index (κ3) is 3.98. The quantitative estimate of drug-likeness (QED) is 0.702. The maximum Gasteiger partial charge on any atom is 0.240 e. The Labute approximate surface area is 151 Å². The Kier molecular flexibility index (Phi) is 5.03. The zero-order chi connectivity index (χ0) is 18.0. The van der Waals surface area contributed by atoms with E-state index in [0.717, 1.165) is 16.7 Å². The molecule has 0 fully saturated rings. The maximum absolute atomic E-state index is 12.5. The molecule has 1 atom stereocenters. The molecule has 3 rings (SSSR count). The monoisotopic (exact) mass is 379 g/mol. The van der Waals surface area contributed by atoms with Gasteiger partial charge in [-0.3, -0.25) is 0 Å². The number of para-hydroxylation sites is 1. The fourth-order valence-corrected chi connectivity index (χ4v) is 4.22. The van der Waals surface area contributed by atoms with Gasteiger partial charge in [-0.15, -0.1) is 0 Å². The molecule has 1 N–H and O–H groups in total. The van der Waals surface area contributed by atoms with Gasteiger partial charge in [-0.1, -0.05) is 29.8 Å². The van der Waals surface area contributed by atoms with Crippen LogP contribution in [0.15, 0.2) is 57.8 Å². The molecule has 0 aliphatic heterocycles. The first kappa shape index (κ1) is 17.8. The van der Waals surface area contributed by atoms with Gasteiger partial charge in [-0.2, -0.15) is 0 Å². The predicted molar refractivity (Wildman–Crippen MR) is 97.7 cm³/mol. The lowest BCUT2D eigenvalue weighted by molar-refractivity contribution is 0.414. The van der Waals surface area contributed by atoms with Gasteiger partial charge >= 0.3 is 0 Å². The van der Waals surface area contributed by atoms with Crippen molar-refractivity contribution < 1.29 is 17.6 Å². The first-order valence-corrected chi connectivity index (χ1v) is 9.58. The molecule has 0 aliphatic carbocycles. The number of methoxy groups -OCH3 is 1. The average Bonchev–Trinajstić information content (AvgIpc) is 2.96. The summed E-state index contributed by atoms with van der Waals surface area (Å²) >= 11 is 6.01. The second kappa shape index (κ2) is 7.07. The smallest absolute Gasteiger partial charge is 0.240 e. The van der Waals surface area contributed by atoms with E-state index in [1.807, 2.05) is 30.3 Å². The molecule has 1 heterocycles. The third-order valence-corrected chi connectivity index (χ3v) is 5.66. The van der Waals surface area contributed by atoms with Crippen molar-refractivity contribution in [2.24, 2.45) is 0 Å². The summed E-state index contributed by atoms with van der Waals surface area (Å²) in [5.41, 5.74) is 0.787. The van der Waals surface area contributed by atoms with E-state index in [2.05, 4.69) is 4.72 Å². The van der Waals surface area contributed by atoms with Gasteiger partial charge in [0, 0.05) is 17.8 Å². The third-order valence-electron chi connectivity index (χ3n) is 3.77. The molecular formula is C18H18ClNO4S. The fourth-order valence-electron chi connectivity index (χ4n) is 2.63. The van der Waals surface area contributed by atoms with Crippen molar-refractivity contribution in [3.05, 3.63) is 59.3 Å². The Morgan fingerprint density at radius 2 is 1.96 bits per heavy atom. The largest absolute Gasteiger partial charge is 0.495 e. The Bertz CT molecular complexity index is 964. The molecule has 1 aromatic heterocycles. The molecule has 0 saturated heterocycles. The van der Waals surface area contributed by atoms with Crippen LogP contribution in [-0.4, -0.2) is 21.6 Å². The van der Waals surface area contributed by atoms with Crippen molar-refractivity contribution in [3.63, 3.8) is 0 Å². The number of fused-ring (bicyclic) bond motifs is 1. The van der Waals surface area contributed by atoms with Gasteiger partial charge in [0.15, 0.2) is 0 Å². The van der Waals surface area contributed by atoms with Gasteiger partial charge in [-0.25, -0.2) is 13.1 Å². The molecule has 0 spiro atoms. The topological polar surface area (TPSA) is 68.5 Å². The normalized spacial score (nSPS) is 13.1. The number of halogens is 1. The summed E-state index contributed by atoms with van der Waals surface area (Å²) in [7, 11) is -2.21. The van der Waals surface area contributed by atoms with Crippen LogP contribution < -0.4 is 9.46 Å². The Hall–Kier alpha value is -2.02. The molecule has 3 aromatic rings. The summed E-state index contributed by atoms with van der Waals surface area (Å²) in [6, 6.07) is 13.6. The van der Waals surface area contributed by atoms with Gasteiger partial charge in [-0.05, 0) is 37.3 Å². The molecule has 7 heteroatoms. The van der Waals surface area contributed by atoms with E-state index < -0.39 is 10.0 Å². The minimum Gasteiger partial charge on any atom is -0.495 e. The van der Waals surface area contributed by atoms with E-state index in [4.69, 9.17) is 20.8 Å². The summed E-state index contributed by atoms with van der Waals surface area (Å²) in [5, 5.41) is 1.24. The van der Waals surface area contributed by atoms with E-state index in [9.17, 15) is 8.42 Å². The lowest BCUT2D eigenvalue weighted by Crippen LogP contribution is -2.34. The number of nitrogens with one attached hydrogen (secondary N) is 1. The Morgan fingerprint density at radius 1 is 1.20 bits per heavy atom. The second-order valence-electron chi connectivity index (χ2n) is 5.77. The van der Waals surface area contributed by atoms with Crippen LogP contribution in [0.25, 0.3) is 11.0 Å². The highest BCUT2D eigenvalue weighted by Crippen LogP contribution is 2.27. The molecule has 0 unspecified atom stereocenters. The SMILES string of the molecule is COc1ccc(S(=O)(=O)N[C@@H](C)Cc2cc3ccccc3o2)cc1Cl. The lowest BCUT2D eigenvalue weighted by Gasteiger charge is -2.14. The maximum atomic E-state index is 12.5. The van der Waals surface area contributed by atoms with Crippen LogP contribution >= 0.6 is 11.6 Å². The molecule has 0 bridgehead atoms. The minimum absolute atomic E-state index is 0.0924. The minimum atomic E-state index is -3.69. The molecule has 0 radical (unpaired) electrons. The van der Waals surface area contributed by atoms with Gasteiger partial charge in [0.1, 0.15) is 17.1 Å². The molecule has 132 valence electrons. The number of hydrogen-bond acceptors (Lipinski definition) is 4. The van der Waals surface area contributed by atoms with E-state index in [1.165, 1.54) is 25.3 Å². The first-order valence-electron chi connectivity index (χ1n) is 7.72. The van der Waals surface area contributed by atoms with Crippen molar-refractivity contribution in [1.82, 2.24) is 4.72 Å². The van der Waals surface area contributed by atoms with E-state index in [0.29, 0.717) is 12.2 Å². The van der Waals surface area contributed by atoms with Crippen molar-refractivity contribution >= 4 is 32.6 Å². The molecule has 0 saturated carbocycles. The number of sulfonamides is 1. The van der Waals surface area contributed by atoms with Crippen LogP contribution in [0.4, 0.5) is 0 Å². The van der Waals surface area contributed by atoms with Crippen LogP contribution in [0.2, 0.25) is 5.02 Å².